The molecule has 2 N–H and O–H groups in total. The van der Waals surface area contributed by atoms with Gasteiger partial charge in [-0.3, -0.25) is 9.89 Å². The monoisotopic (exact) mass is 329 g/mol. The van der Waals surface area contributed by atoms with Crippen LogP contribution in [0.4, 0.5) is 5.82 Å². The van der Waals surface area contributed by atoms with Crippen LogP contribution in [0.5, 0.6) is 0 Å². The third-order valence-corrected chi connectivity index (χ3v) is 4.80. The lowest BCUT2D eigenvalue weighted by Gasteiger charge is -2.11. The van der Waals surface area contributed by atoms with E-state index < -0.39 is 0 Å². The maximum Gasteiger partial charge on any atom is 0.292 e. The summed E-state index contributed by atoms with van der Waals surface area (Å²) in [5, 5.41) is 9.87. The number of amides is 1. The van der Waals surface area contributed by atoms with Crippen molar-refractivity contribution in [1.82, 2.24) is 10.2 Å². The van der Waals surface area contributed by atoms with Gasteiger partial charge in [0.25, 0.3) is 5.91 Å². The van der Waals surface area contributed by atoms with E-state index in [2.05, 4.69) is 28.5 Å². The zero-order valence-corrected chi connectivity index (χ0v) is 13.3. The van der Waals surface area contributed by atoms with Crippen molar-refractivity contribution in [3.63, 3.8) is 0 Å². The number of hydrogen-bond acceptors (Lipinski definition) is 5. The van der Waals surface area contributed by atoms with E-state index in [1.54, 1.807) is 17.6 Å². The Labute approximate surface area is 136 Å². The third kappa shape index (κ3) is 2.69. The fourth-order valence-electron chi connectivity index (χ4n) is 2.62. The summed E-state index contributed by atoms with van der Waals surface area (Å²) >= 11 is 1.67. The molecule has 7 heteroatoms. The van der Waals surface area contributed by atoms with E-state index in [1.807, 2.05) is 12.1 Å². The van der Waals surface area contributed by atoms with Gasteiger partial charge < -0.3 is 14.5 Å². The van der Waals surface area contributed by atoms with E-state index >= 15 is 0 Å². The molecule has 0 atom stereocenters. The number of aromatic amines is 1. The Bertz CT molecular complexity index is 862. The number of aryl methyl sites for hydroxylation is 1. The second-order valence-corrected chi connectivity index (χ2v) is 6.69. The van der Waals surface area contributed by atoms with Crippen molar-refractivity contribution in [3.05, 3.63) is 46.2 Å². The van der Waals surface area contributed by atoms with E-state index in [9.17, 15) is 4.79 Å². The van der Waals surface area contributed by atoms with Gasteiger partial charge in [0.1, 0.15) is 0 Å². The molecule has 0 saturated heterocycles. The first-order chi connectivity index (χ1) is 11.2. The van der Waals surface area contributed by atoms with Gasteiger partial charge in [-0.25, -0.2) is 0 Å². The fourth-order valence-corrected chi connectivity index (χ4v) is 3.46. The van der Waals surface area contributed by atoms with Crippen molar-refractivity contribution >= 4 is 23.1 Å². The highest BCUT2D eigenvalue weighted by Crippen LogP contribution is 2.28. The lowest BCUT2D eigenvalue weighted by Crippen LogP contribution is -2.16. The second-order valence-electron chi connectivity index (χ2n) is 5.40. The summed E-state index contributed by atoms with van der Waals surface area (Å²) < 4.78 is 10.8. The van der Waals surface area contributed by atoms with Gasteiger partial charge in [0.05, 0.1) is 30.0 Å². The minimum atomic E-state index is -0.284. The third-order valence-electron chi connectivity index (χ3n) is 3.77. The first-order valence-corrected chi connectivity index (χ1v) is 8.13. The van der Waals surface area contributed by atoms with Crippen molar-refractivity contribution in [2.75, 3.05) is 11.9 Å². The quantitative estimate of drug-likeness (QED) is 0.772. The molecule has 0 bridgehead atoms. The fraction of sp³-hybridized carbons (Fsp3) is 0.250. The molecular weight excluding hydrogens is 314 g/mol. The summed E-state index contributed by atoms with van der Waals surface area (Å²) in [5.74, 6) is 0.543. The molecule has 0 saturated carbocycles. The molecule has 0 aromatic carbocycles. The summed E-state index contributed by atoms with van der Waals surface area (Å²) in [4.78, 5) is 14.7. The van der Waals surface area contributed by atoms with Crippen LogP contribution < -0.4 is 5.32 Å². The number of H-pyrrole nitrogens is 1. The Hall–Kier alpha value is -2.38. The summed E-state index contributed by atoms with van der Waals surface area (Å²) in [6.45, 7) is 3.16. The van der Waals surface area contributed by atoms with Crippen LogP contribution in [0.25, 0.3) is 10.6 Å². The number of furan rings is 1. The molecule has 0 fully saturated rings. The van der Waals surface area contributed by atoms with E-state index in [1.165, 1.54) is 4.88 Å². The van der Waals surface area contributed by atoms with Gasteiger partial charge in [-0.2, -0.15) is 5.10 Å². The summed E-state index contributed by atoms with van der Waals surface area (Å²) in [5.41, 5.74) is 2.75. The maximum absolute atomic E-state index is 12.4. The van der Waals surface area contributed by atoms with Crippen LogP contribution in [-0.4, -0.2) is 22.7 Å². The van der Waals surface area contributed by atoms with Crippen molar-refractivity contribution in [3.8, 4) is 10.6 Å². The van der Waals surface area contributed by atoms with Gasteiger partial charge in [0.15, 0.2) is 11.6 Å². The molecule has 0 aliphatic carbocycles. The van der Waals surface area contributed by atoms with E-state index in [0.717, 1.165) is 21.7 Å². The highest BCUT2D eigenvalue weighted by atomic mass is 32.1. The molecule has 6 nitrogen and oxygen atoms in total. The normalized spacial score (nSPS) is 13.8. The molecule has 118 valence electrons. The molecule has 0 radical (unpaired) electrons. The number of rotatable bonds is 3. The van der Waals surface area contributed by atoms with Crippen LogP contribution in [-0.2, 0) is 17.8 Å². The zero-order chi connectivity index (χ0) is 15.8. The topological polar surface area (TPSA) is 80.2 Å². The first kappa shape index (κ1) is 14.2. The van der Waals surface area contributed by atoms with Gasteiger partial charge in [0.2, 0.25) is 0 Å². The lowest BCUT2D eigenvalue weighted by atomic mass is 10.1. The predicted octanol–water partition coefficient (Wildman–Crippen LogP) is 3.36. The minimum absolute atomic E-state index is 0.284. The number of nitrogens with zero attached hydrogens (tertiary/aromatic N) is 1. The van der Waals surface area contributed by atoms with Gasteiger partial charge in [-0.05, 0) is 19.1 Å². The number of thiophene rings is 1. The van der Waals surface area contributed by atoms with Crippen LogP contribution in [0.1, 0.15) is 26.6 Å². The SMILES string of the molecule is Cc1ccc(-c2cc(NC(=O)c3occ4c3CCOC4)n[nH]2)s1. The number of ether oxygens (including phenoxy) is 1. The van der Waals surface area contributed by atoms with Crippen LogP contribution in [0, 0.1) is 6.92 Å². The first-order valence-electron chi connectivity index (χ1n) is 7.31. The molecule has 1 aliphatic heterocycles. The number of anilines is 1. The Morgan fingerprint density at radius 1 is 1.43 bits per heavy atom. The predicted molar refractivity (Wildman–Crippen MR) is 86.7 cm³/mol. The highest BCUT2D eigenvalue weighted by Gasteiger charge is 2.23. The minimum Gasteiger partial charge on any atom is -0.458 e. The number of nitrogens with one attached hydrogen (secondary N) is 2. The zero-order valence-electron chi connectivity index (χ0n) is 12.5. The van der Waals surface area contributed by atoms with Gasteiger partial charge in [0, 0.05) is 28.5 Å². The van der Waals surface area contributed by atoms with Crippen molar-refractivity contribution in [2.24, 2.45) is 0 Å². The molecule has 1 amide bonds. The number of fused-ring (bicyclic) bond motifs is 1. The second kappa shape index (κ2) is 5.68. The van der Waals surface area contributed by atoms with Gasteiger partial charge >= 0.3 is 0 Å². The molecule has 0 unspecified atom stereocenters. The molecule has 4 rings (SSSR count). The summed E-state index contributed by atoms with van der Waals surface area (Å²) in [6, 6.07) is 5.90. The maximum atomic E-state index is 12.4. The molecule has 3 aromatic heterocycles. The number of carbonyl (C=O) groups is 1. The molecule has 1 aliphatic rings. The van der Waals surface area contributed by atoms with Crippen molar-refractivity contribution < 1.29 is 13.9 Å². The molecule has 4 heterocycles. The van der Waals surface area contributed by atoms with E-state index in [-0.39, 0.29) is 5.91 Å². The summed E-state index contributed by atoms with van der Waals surface area (Å²) in [6.07, 6.45) is 2.28. The molecule has 23 heavy (non-hydrogen) atoms. The Balaban J connectivity index is 1.53. The van der Waals surface area contributed by atoms with Crippen LogP contribution in [0.2, 0.25) is 0 Å². The molecule has 0 spiro atoms. The van der Waals surface area contributed by atoms with Gasteiger partial charge in [-0.1, -0.05) is 0 Å². The highest BCUT2D eigenvalue weighted by molar-refractivity contribution is 7.15. The molecular formula is C16H15N3O3S. The Morgan fingerprint density at radius 3 is 3.17 bits per heavy atom. The lowest BCUT2D eigenvalue weighted by molar-refractivity contribution is 0.0988. The standard InChI is InChI=1S/C16H15N3O3S/c1-9-2-3-13(23-9)12-6-14(19-18-12)17-16(20)15-11-4-5-21-7-10(11)8-22-15/h2-3,6,8H,4-5,7H2,1H3,(H2,17,18,19,20). The van der Waals surface area contributed by atoms with Crippen LogP contribution >= 0.6 is 11.3 Å². The largest absolute Gasteiger partial charge is 0.458 e. The Kier molecular flexibility index (Phi) is 3.51. The van der Waals surface area contributed by atoms with Crippen molar-refractivity contribution in [1.29, 1.82) is 0 Å². The van der Waals surface area contributed by atoms with Crippen molar-refractivity contribution in [2.45, 2.75) is 20.0 Å². The van der Waals surface area contributed by atoms with Gasteiger partial charge in [-0.15, -0.1) is 11.3 Å². The number of aromatic nitrogens is 2. The average Bonchev–Trinajstić information content (AvgIpc) is 3.25. The smallest absolute Gasteiger partial charge is 0.292 e. The average molecular weight is 329 g/mol. The van der Waals surface area contributed by atoms with E-state index in [4.69, 9.17) is 9.15 Å². The number of hydrogen-bond donors (Lipinski definition) is 2. The Morgan fingerprint density at radius 2 is 2.35 bits per heavy atom. The van der Waals surface area contributed by atoms with Crippen LogP contribution in [0.3, 0.4) is 0 Å². The summed E-state index contributed by atoms with van der Waals surface area (Å²) in [7, 11) is 0. The van der Waals surface area contributed by atoms with E-state index in [0.29, 0.717) is 31.2 Å². The van der Waals surface area contributed by atoms with Crippen LogP contribution in [0.15, 0.2) is 28.9 Å². The molecule has 3 aromatic rings. The number of carbonyl (C=O) groups excluding carboxylic acids is 1.